The Morgan fingerprint density at radius 1 is 0.692 bits per heavy atom. The summed E-state index contributed by atoms with van der Waals surface area (Å²) < 4.78 is 20.6. The molecule has 0 fully saturated rings. The fraction of sp³-hybridized carbons (Fsp3) is 0.0312. The quantitative estimate of drug-likeness (QED) is 0.242. The summed E-state index contributed by atoms with van der Waals surface area (Å²) in [7, 11) is 0. The summed E-state index contributed by atoms with van der Waals surface area (Å²) in [5.74, 6) is 0.417. The fourth-order valence-electron chi connectivity index (χ4n) is 4.87. The van der Waals surface area contributed by atoms with E-state index in [-0.39, 0.29) is 5.82 Å². The number of aromatic amines is 2. The maximum absolute atomic E-state index is 14.6. The second-order valence-electron chi connectivity index (χ2n) is 9.33. The smallest absolute Gasteiger partial charge is 0.138 e. The molecule has 0 unspecified atom stereocenters. The Kier molecular flexibility index (Phi) is 5.59. The Morgan fingerprint density at radius 2 is 1.54 bits per heavy atom. The van der Waals surface area contributed by atoms with Crippen molar-refractivity contribution in [2.24, 2.45) is 0 Å². The van der Waals surface area contributed by atoms with Gasteiger partial charge in [0.15, 0.2) is 0 Å². The van der Waals surface area contributed by atoms with Crippen LogP contribution in [0.15, 0.2) is 110 Å². The third-order valence-corrected chi connectivity index (χ3v) is 6.82. The lowest BCUT2D eigenvalue weighted by Crippen LogP contribution is -1.95. The van der Waals surface area contributed by atoms with Crippen LogP contribution in [0.25, 0.3) is 55.4 Å². The number of H-pyrrole nitrogens is 2. The highest BCUT2D eigenvalue weighted by Crippen LogP contribution is 2.35. The molecule has 7 rings (SSSR count). The number of pyridine rings is 2. The molecule has 4 heterocycles. The van der Waals surface area contributed by atoms with Crippen LogP contribution in [-0.4, -0.2) is 25.1 Å². The van der Waals surface area contributed by atoms with Crippen molar-refractivity contribution in [2.75, 3.05) is 0 Å². The van der Waals surface area contributed by atoms with Crippen LogP contribution in [0.2, 0.25) is 0 Å². The van der Waals surface area contributed by atoms with Gasteiger partial charge in [0.05, 0.1) is 29.1 Å². The third-order valence-electron chi connectivity index (χ3n) is 6.82. The van der Waals surface area contributed by atoms with Crippen molar-refractivity contribution in [3.8, 4) is 39.4 Å². The standard InChI is InChI=1S/C32H22FN5O/c33-28-9-5-4-8-24(28)27-17-35-18-31-25(27)14-30(36-31)32-26-13-21(10-11-29(26)37-38-32)22-12-23(16-34-15-22)39-19-20-6-2-1-3-7-20/h1-18,36H,19H2,(H,37,38). The first kappa shape index (κ1) is 22.9. The lowest BCUT2D eigenvalue weighted by atomic mass is 10.0. The molecule has 0 amide bonds. The number of aromatic nitrogens is 5. The number of rotatable bonds is 6. The van der Waals surface area contributed by atoms with Crippen molar-refractivity contribution >= 4 is 21.8 Å². The minimum Gasteiger partial charge on any atom is -0.487 e. The SMILES string of the molecule is Fc1ccccc1-c1cncc2[nH]c(-c3n[nH]c4ccc(-c5cncc(OCc6ccccc6)c5)cc34)cc12. The molecule has 0 aliphatic rings. The number of fused-ring (bicyclic) bond motifs is 2. The fourth-order valence-corrected chi connectivity index (χ4v) is 4.87. The van der Waals surface area contributed by atoms with Gasteiger partial charge >= 0.3 is 0 Å². The van der Waals surface area contributed by atoms with E-state index in [1.54, 1.807) is 30.7 Å². The summed E-state index contributed by atoms with van der Waals surface area (Å²) in [4.78, 5) is 12.2. The highest BCUT2D eigenvalue weighted by molar-refractivity contribution is 6.01. The number of hydrogen-bond acceptors (Lipinski definition) is 4. The van der Waals surface area contributed by atoms with E-state index in [1.807, 2.05) is 66.9 Å². The Labute approximate surface area is 223 Å². The van der Waals surface area contributed by atoms with E-state index >= 15 is 0 Å². The second kappa shape index (κ2) is 9.54. The zero-order valence-electron chi connectivity index (χ0n) is 20.7. The Balaban J connectivity index is 1.25. The summed E-state index contributed by atoms with van der Waals surface area (Å²) >= 11 is 0. The molecule has 0 bridgehead atoms. The van der Waals surface area contributed by atoms with Crippen LogP contribution in [0.3, 0.4) is 0 Å². The number of nitrogens with zero attached hydrogens (tertiary/aromatic N) is 3. The molecule has 39 heavy (non-hydrogen) atoms. The molecule has 0 saturated heterocycles. The topological polar surface area (TPSA) is 79.5 Å². The minimum absolute atomic E-state index is 0.284. The molecule has 7 aromatic rings. The number of ether oxygens (including phenoxy) is 1. The van der Waals surface area contributed by atoms with Crippen molar-refractivity contribution in [1.82, 2.24) is 25.1 Å². The van der Waals surface area contributed by atoms with Crippen LogP contribution in [0, 0.1) is 5.82 Å². The van der Waals surface area contributed by atoms with Gasteiger partial charge in [-0.1, -0.05) is 54.6 Å². The van der Waals surface area contributed by atoms with Gasteiger partial charge in [0, 0.05) is 39.9 Å². The van der Waals surface area contributed by atoms with E-state index in [1.165, 1.54) is 6.07 Å². The molecular formula is C32H22FN5O. The summed E-state index contributed by atoms with van der Waals surface area (Å²) in [6.45, 7) is 0.473. The van der Waals surface area contributed by atoms with E-state index in [9.17, 15) is 4.39 Å². The largest absolute Gasteiger partial charge is 0.487 e. The van der Waals surface area contributed by atoms with Crippen LogP contribution in [-0.2, 0) is 6.61 Å². The average Bonchev–Trinajstić information content (AvgIpc) is 3.61. The predicted octanol–water partition coefficient (Wildman–Crippen LogP) is 7.55. The average molecular weight is 512 g/mol. The van der Waals surface area contributed by atoms with Crippen LogP contribution in [0.5, 0.6) is 5.75 Å². The zero-order chi connectivity index (χ0) is 26.2. The number of hydrogen-bond donors (Lipinski definition) is 2. The number of halogens is 1. The lowest BCUT2D eigenvalue weighted by Gasteiger charge is -2.08. The molecule has 0 saturated carbocycles. The molecular weight excluding hydrogens is 489 g/mol. The summed E-state index contributed by atoms with van der Waals surface area (Å²) in [6, 6.07) is 26.9. The third kappa shape index (κ3) is 4.30. The lowest BCUT2D eigenvalue weighted by molar-refractivity contribution is 0.305. The van der Waals surface area contributed by atoms with E-state index in [2.05, 4.69) is 31.2 Å². The molecule has 6 nitrogen and oxygen atoms in total. The minimum atomic E-state index is -0.284. The second-order valence-corrected chi connectivity index (χ2v) is 9.33. The molecule has 0 aliphatic heterocycles. The highest BCUT2D eigenvalue weighted by Gasteiger charge is 2.16. The van der Waals surface area contributed by atoms with E-state index < -0.39 is 0 Å². The highest BCUT2D eigenvalue weighted by atomic mass is 19.1. The molecule has 188 valence electrons. The zero-order valence-corrected chi connectivity index (χ0v) is 20.7. The van der Waals surface area contributed by atoms with Gasteiger partial charge in [0.2, 0.25) is 0 Å². The molecule has 3 aromatic carbocycles. The van der Waals surface area contributed by atoms with Crippen molar-refractivity contribution in [3.05, 3.63) is 121 Å². The maximum atomic E-state index is 14.6. The molecule has 4 aromatic heterocycles. The van der Waals surface area contributed by atoms with Crippen molar-refractivity contribution < 1.29 is 9.13 Å². The van der Waals surface area contributed by atoms with Crippen LogP contribution in [0.1, 0.15) is 5.56 Å². The number of benzene rings is 3. The van der Waals surface area contributed by atoms with Crippen LogP contribution < -0.4 is 4.74 Å². The summed E-state index contributed by atoms with van der Waals surface area (Å²) in [6.07, 6.45) is 6.99. The number of nitrogens with one attached hydrogen (secondary N) is 2. The van der Waals surface area contributed by atoms with Gasteiger partial charge in [-0.3, -0.25) is 15.1 Å². The van der Waals surface area contributed by atoms with Gasteiger partial charge in [-0.2, -0.15) is 5.10 Å². The first-order valence-electron chi connectivity index (χ1n) is 12.6. The van der Waals surface area contributed by atoms with Gasteiger partial charge in [-0.05, 0) is 41.5 Å². The first-order chi connectivity index (χ1) is 19.2. The monoisotopic (exact) mass is 511 g/mol. The van der Waals surface area contributed by atoms with E-state index in [0.717, 1.165) is 55.4 Å². The molecule has 7 heteroatoms. The Morgan fingerprint density at radius 3 is 2.44 bits per heavy atom. The van der Waals surface area contributed by atoms with Crippen LogP contribution in [0.4, 0.5) is 4.39 Å². The molecule has 0 atom stereocenters. The predicted molar refractivity (Wildman–Crippen MR) is 151 cm³/mol. The maximum Gasteiger partial charge on any atom is 0.138 e. The van der Waals surface area contributed by atoms with Crippen molar-refractivity contribution in [3.63, 3.8) is 0 Å². The van der Waals surface area contributed by atoms with Gasteiger partial charge in [0.1, 0.15) is 23.9 Å². The van der Waals surface area contributed by atoms with Crippen molar-refractivity contribution in [1.29, 1.82) is 0 Å². The summed E-state index contributed by atoms with van der Waals surface area (Å²) in [5.41, 5.74) is 7.58. The van der Waals surface area contributed by atoms with Crippen molar-refractivity contribution in [2.45, 2.75) is 6.61 Å². The van der Waals surface area contributed by atoms with E-state index in [0.29, 0.717) is 17.9 Å². The molecule has 0 radical (unpaired) electrons. The van der Waals surface area contributed by atoms with Gasteiger partial charge in [0.25, 0.3) is 0 Å². The molecule has 0 spiro atoms. The van der Waals surface area contributed by atoms with Gasteiger partial charge in [-0.15, -0.1) is 0 Å². The normalized spacial score (nSPS) is 11.3. The van der Waals surface area contributed by atoms with Gasteiger partial charge < -0.3 is 9.72 Å². The Hall–Kier alpha value is -5.30. The summed E-state index contributed by atoms with van der Waals surface area (Å²) in [5, 5.41) is 9.57. The van der Waals surface area contributed by atoms with Gasteiger partial charge in [-0.25, -0.2) is 4.39 Å². The first-order valence-corrected chi connectivity index (χ1v) is 12.6. The Bertz CT molecular complexity index is 1940. The van der Waals surface area contributed by atoms with E-state index in [4.69, 9.17) is 4.74 Å². The molecule has 2 N–H and O–H groups in total. The van der Waals surface area contributed by atoms with Crippen LogP contribution >= 0.6 is 0 Å². The molecule has 0 aliphatic carbocycles.